The van der Waals surface area contributed by atoms with Gasteiger partial charge in [0.1, 0.15) is 0 Å². The summed E-state index contributed by atoms with van der Waals surface area (Å²) in [7, 11) is 0. The first-order valence-electron chi connectivity index (χ1n) is 16.5. The molecule has 2 nitrogen and oxygen atoms in total. The Balaban J connectivity index is 1.17. The van der Waals surface area contributed by atoms with E-state index in [1.165, 1.54) is 76.3 Å². The van der Waals surface area contributed by atoms with E-state index in [1.54, 1.807) is 0 Å². The molecule has 6 aromatic carbocycles. The van der Waals surface area contributed by atoms with Crippen molar-refractivity contribution >= 4 is 10.8 Å². The quantitative estimate of drug-likeness (QED) is 0.204. The van der Waals surface area contributed by atoms with Crippen LogP contribution in [0.2, 0.25) is 0 Å². The van der Waals surface area contributed by atoms with Gasteiger partial charge in [-0.1, -0.05) is 147 Å². The summed E-state index contributed by atoms with van der Waals surface area (Å²) < 4.78 is 0. The largest absolute Gasteiger partial charge is 0.228 e. The van der Waals surface area contributed by atoms with Crippen molar-refractivity contribution in [2.75, 3.05) is 0 Å². The molecular formula is C44H34N2. The molecule has 1 spiro atoms. The lowest BCUT2D eigenvalue weighted by molar-refractivity contribution is 0.353. The number of aromatic nitrogens is 2. The lowest BCUT2D eigenvalue weighted by atomic mass is 9.67. The van der Waals surface area contributed by atoms with E-state index in [9.17, 15) is 0 Å². The molecule has 2 heteroatoms. The number of rotatable bonds is 4. The molecule has 0 bridgehead atoms. The van der Waals surface area contributed by atoms with Gasteiger partial charge in [-0.05, 0) is 75.2 Å². The van der Waals surface area contributed by atoms with Gasteiger partial charge >= 0.3 is 0 Å². The highest BCUT2D eigenvalue weighted by Crippen LogP contribution is 2.58. The Hall–Kier alpha value is -5.34. The third-order valence-electron chi connectivity index (χ3n) is 10.3. The zero-order chi connectivity index (χ0) is 30.5. The third-order valence-corrected chi connectivity index (χ3v) is 10.3. The van der Waals surface area contributed by atoms with Crippen LogP contribution in [0.3, 0.4) is 0 Å². The van der Waals surface area contributed by atoms with E-state index in [0.29, 0.717) is 0 Å². The summed E-state index contributed by atoms with van der Waals surface area (Å²) in [6, 6.07) is 52.6. The summed E-state index contributed by atoms with van der Waals surface area (Å²) in [6.45, 7) is 0. The average Bonchev–Trinajstić information content (AvgIpc) is 3.39. The number of benzene rings is 6. The van der Waals surface area contributed by atoms with Crippen molar-refractivity contribution in [3.63, 3.8) is 0 Å². The van der Waals surface area contributed by atoms with Crippen molar-refractivity contribution in [3.05, 3.63) is 157 Å². The van der Waals surface area contributed by atoms with Crippen molar-refractivity contribution in [3.8, 4) is 56.2 Å². The van der Waals surface area contributed by atoms with E-state index in [-0.39, 0.29) is 5.41 Å². The van der Waals surface area contributed by atoms with Crippen LogP contribution in [0.4, 0.5) is 0 Å². The Morgan fingerprint density at radius 3 is 1.70 bits per heavy atom. The van der Waals surface area contributed by atoms with Crippen LogP contribution >= 0.6 is 0 Å². The Morgan fingerprint density at radius 2 is 1.00 bits per heavy atom. The van der Waals surface area contributed by atoms with Crippen molar-refractivity contribution < 1.29 is 0 Å². The van der Waals surface area contributed by atoms with Gasteiger partial charge < -0.3 is 0 Å². The molecule has 0 atom stereocenters. The molecule has 0 saturated heterocycles. The van der Waals surface area contributed by atoms with Crippen molar-refractivity contribution in [1.29, 1.82) is 0 Å². The van der Waals surface area contributed by atoms with E-state index >= 15 is 0 Å². The fraction of sp³-hybridized carbons (Fsp3) is 0.136. The summed E-state index contributed by atoms with van der Waals surface area (Å²) in [5.74, 6) is 0.739. The normalized spacial score (nSPS) is 14.7. The summed E-state index contributed by atoms with van der Waals surface area (Å²) in [4.78, 5) is 10.0. The fourth-order valence-corrected chi connectivity index (χ4v) is 8.05. The van der Waals surface area contributed by atoms with E-state index in [4.69, 9.17) is 9.97 Å². The van der Waals surface area contributed by atoms with Crippen LogP contribution < -0.4 is 0 Å². The van der Waals surface area contributed by atoms with Gasteiger partial charge in [0.2, 0.25) is 0 Å². The van der Waals surface area contributed by atoms with Gasteiger partial charge in [0.15, 0.2) is 5.82 Å². The van der Waals surface area contributed by atoms with Crippen LogP contribution in [0.15, 0.2) is 146 Å². The molecule has 1 saturated carbocycles. The highest BCUT2D eigenvalue weighted by Gasteiger charge is 2.44. The first kappa shape index (κ1) is 27.0. The van der Waals surface area contributed by atoms with Crippen LogP contribution in [0.25, 0.3) is 66.9 Å². The SMILES string of the molecule is c1ccc(-c2cc(-c3ccc(-c4cccc5c4-c4cc6ccccc6cc4C54CCCCC4)cc3)nc(-c3ccccc3)n2)cc1. The maximum atomic E-state index is 5.06. The second-order valence-electron chi connectivity index (χ2n) is 12.9. The van der Waals surface area contributed by atoms with E-state index < -0.39 is 0 Å². The Kier molecular flexibility index (Phi) is 6.41. The van der Waals surface area contributed by atoms with Crippen LogP contribution in [0, 0.1) is 0 Å². The number of fused-ring (bicyclic) bond motifs is 6. The Labute approximate surface area is 270 Å². The topological polar surface area (TPSA) is 25.8 Å². The van der Waals surface area contributed by atoms with Gasteiger partial charge in [-0.2, -0.15) is 0 Å². The molecule has 0 unspecified atom stereocenters. The summed E-state index contributed by atoms with van der Waals surface area (Å²) in [6.07, 6.45) is 6.38. The van der Waals surface area contributed by atoms with Gasteiger partial charge in [0.05, 0.1) is 11.4 Å². The molecule has 0 aliphatic heterocycles. The molecule has 2 aliphatic rings. The van der Waals surface area contributed by atoms with Gasteiger partial charge in [-0.15, -0.1) is 0 Å². The number of hydrogen-bond acceptors (Lipinski definition) is 2. The predicted octanol–water partition coefficient (Wildman–Crippen LogP) is 11.5. The second-order valence-corrected chi connectivity index (χ2v) is 12.9. The lowest BCUT2D eigenvalue weighted by Gasteiger charge is -2.36. The first-order chi connectivity index (χ1) is 22.8. The molecule has 9 rings (SSSR count). The zero-order valence-corrected chi connectivity index (χ0v) is 25.8. The molecule has 0 amide bonds. The van der Waals surface area contributed by atoms with Crippen LogP contribution in [-0.2, 0) is 5.41 Å². The summed E-state index contributed by atoms with van der Waals surface area (Å²) in [5, 5.41) is 2.66. The molecule has 2 aliphatic carbocycles. The van der Waals surface area contributed by atoms with Gasteiger partial charge in [0, 0.05) is 22.1 Å². The average molecular weight is 591 g/mol. The van der Waals surface area contributed by atoms with E-state index in [2.05, 4.69) is 121 Å². The molecule has 7 aromatic rings. The maximum Gasteiger partial charge on any atom is 0.160 e. The highest BCUT2D eigenvalue weighted by molar-refractivity contribution is 5.99. The van der Waals surface area contributed by atoms with E-state index in [0.717, 1.165) is 33.9 Å². The second kappa shape index (κ2) is 10.9. The molecule has 46 heavy (non-hydrogen) atoms. The molecule has 220 valence electrons. The monoisotopic (exact) mass is 590 g/mol. The molecule has 1 aromatic heterocycles. The minimum Gasteiger partial charge on any atom is -0.228 e. The van der Waals surface area contributed by atoms with E-state index in [1.807, 2.05) is 24.3 Å². The van der Waals surface area contributed by atoms with Crippen LogP contribution in [0.1, 0.15) is 43.2 Å². The molecule has 0 radical (unpaired) electrons. The fourth-order valence-electron chi connectivity index (χ4n) is 8.05. The highest BCUT2D eigenvalue weighted by atomic mass is 14.9. The standard InChI is InChI=1S/C44H34N2/c1-4-13-31(14-5-1)40-29-41(46-43(45-40)33-15-6-2-7-16-33)32-23-21-30(22-24-32)36-19-12-20-38-42(36)37-27-34-17-8-9-18-35(34)28-39(37)44(38)25-10-3-11-26-44/h1-2,4-9,12-24,27-29H,3,10-11,25-26H2. The molecule has 0 N–H and O–H groups in total. The minimum absolute atomic E-state index is 0.117. The lowest BCUT2D eigenvalue weighted by Crippen LogP contribution is -2.28. The van der Waals surface area contributed by atoms with Gasteiger partial charge in [0.25, 0.3) is 0 Å². The number of hydrogen-bond donors (Lipinski definition) is 0. The summed E-state index contributed by atoms with van der Waals surface area (Å²) in [5.41, 5.74) is 13.6. The summed E-state index contributed by atoms with van der Waals surface area (Å²) >= 11 is 0. The van der Waals surface area contributed by atoms with Gasteiger partial charge in [-0.3, -0.25) is 0 Å². The maximum absolute atomic E-state index is 5.06. The number of nitrogens with zero attached hydrogens (tertiary/aromatic N) is 2. The first-order valence-corrected chi connectivity index (χ1v) is 16.5. The molecule has 1 heterocycles. The van der Waals surface area contributed by atoms with Crippen LogP contribution in [-0.4, -0.2) is 9.97 Å². The van der Waals surface area contributed by atoms with Crippen molar-refractivity contribution in [1.82, 2.24) is 9.97 Å². The van der Waals surface area contributed by atoms with Crippen LogP contribution in [0.5, 0.6) is 0 Å². The Bertz CT molecular complexity index is 2150. The van der Waals surface area contributed by atoms with Gasteiger partial charge in [-0.25, -0.2) is 9.97 Å². The third kappa shape index (κ3) is 4.40. The van der Waals surface area contributed by atoms with Crippen molar-refractivity contribution in [2.24, 2.45) is 0 Å². The smallest absolute Gasteiger partial charge is 0.160 e. The molecule has 1 fully saturated rings. The Morgan fingerprint density at radius 1 is 0.413 bits per heavy atom. The predicted molar refractivity (Wildman–Crippen MR) is 191 cm³/mol. The zero-order valence-electron chi connectivity index (χ0n) is 25.8. The minimum atomic E-state index is 0.117. The molecular weight excluding hydrogens is 556 g/mol. The van der Waals surface area contributed by atoms with Crippen molar-refractivity contribution in [2.45, 2.75) is 37.5 Å².